The van der Waals surface area contributed by atoms with Crippen molar-refractivity contribution in [1.82, 2.24) is 9.97 Å². The summed E-state index contributed by atoms with van der Waals surface area (Å²) >= 11 is 0. The molecule has 0 aromatic carbocycles. The van der Waals surface area contributed by atoms with Crippen LogP contribution in [0.1, 0.15) is 40.5 Å². The van der Waals surface area contributed by atoms with Gasteiger partial charge in [0.25, 0.3) is 0 Å². The van der Waals surface area contributed by atoms with E-state index in [1.807, 2.05) is 6.07 Å². The van der Waals surface area contributed by atoms with Crippen molar-refractivity contribution in [3.63, 3.8) is 0 Å². The van der Waals surface area contributed by atoms with Crippen molar-refractivity contribution in [2.75, 3.05) is 17.2 Å². The quantitative estimate of drug-likeness (QED) is 0.763. The minimum Gasteiger partial charge on any atom is -0.370 e. The minimum atomic E-state index is 0.438. The van der Waals surface area contributed by atoms with Gasteiger partial charge in [0, 0.05) is 18.7 Å². The first-order chi connectivity index (χ1) is 8.11. The number of anilines is 2. The van der Waals surface area contributed by atoms with Crippen molar-refractivity contribution in [2.45, 2.75) is 46.6 Å². The fourth-order valence-corrected chi connectivity index (χ4v) is 1.38. The van der Waals surface area contributed by atoms with Crippen LogP contribution >= 0.6 is 0 Å². The third kappa shape index (κ3) is 5.52. The Labute approximate surface area is 104 Å². The van der Waals surface area contributed by atoms with Gasteiger partial charge in [-0.25, -0.2) is 9.97 Å². The van der Waals surface area contributed by atoms with Crippen molar-refractivity contribution in [2.24, 2.45) is 5.92 Å². The van der Waals surface area contributed by atoms with E-state index in [2.05, 4.69) is 48.3 Å². The minimum absolute atomic E-state index is 0.438. The van der Waals surface area contributed by atoms with Crippen LogP contribution < -0.4 is 10.6 Å². The summed E-state index contributed by atoms with van der Waals surface area (Å²) in [4.78, 5) is 8.42. The van der Waals surface area contributed by atoms with Crippen molar-refractivity contribution in [3.8, 4) is 0 Å². The lowest BCUT2D eigenvalue weighted by Gasteiger charge is -2.13. The van der Waals surface area contributed by atoms with E-state index in [0.29, 0.717) is 12.0 Å². The molecule has 0 spiro atoms. The average molecular weight is 236 g/mol. The lowest BCUT2D eigenvalue weighted by Crippen LogP contribution is -2.15. The van der Waals surface area contributed by atoms with Crippen LogP contribution in [0.5, 0.6) is 0 Å². The van der Waals surface area contributed by atoms with Gasteiger partial charge in [-0.3, -0.25) is 0 Å². The van der Waals surface area contributed by atoms with Crippen molar-refractivity contribution < 1.29 is 0 Å². The third-order valence-corrected chi connectivity index (χ3v) is 2.70. The summed E-state index contributed by atoms with van der Waals surface area (Å²) in [5.41, 5.74) is 0. The molecule has 0 aliphatic rings. The topological polar surface area (TPSA) is 49.8 Å². The number of hydrogen-bond acceptors (Lipinski definition) is 4. The molecule has 1 rings (SSSR count). The summed E-state index contributed by atoms with van der Waals surface area (Å²) in [6.45, 7) is 9.70. The SMILES string of the molecule is CCC(C)Nc1cc(NCCC(C)C)ncn1. The lowest BCUT2D eigenvalue weighted by atomic mass is 10.1. The Balaban J connectivity index is 2.48. The highest BCUT2D eigenvalue weighted by Gasteiger charge is 2.02. The molecule has 1 heterocycles. The summed E-state index contributed by atoms with van der Waals surface area (Å²) in [6.07, 6.45) is 3.83. The van der Waals surface area contributed by atoms with Gasteiger partial charge in [0.15, 0.2) is 0 Å². The van der Waals surface area contributed by atoms with E-state index < -0.39 is 0 Å². The van der Waals surface area contributed by atoms with E-state index in [-0.39, 0.29) is 0 Å². The van der Waals surface area contributed by atoms with E-state index in [9.17, 15) is 0 Å². The highest BCUT2D eigenvalue weighted by molar-refractivity contribution is 5.46. The van der Waals surface area contributed by atoms with Gasteiger partial charge < -0.3 is 10.6 Å². The van der Waals surface area contributed by atoms with E-state index in [1.54, 1.807) is 6.33 Å². The maximum atomic E-state index is 4.21. The second-order valence-corrected chi connectivity index (χ2v) is 4.85. The Hall–Kier alpha value is -1.32. The summed E-state index contributed by atoms with van der Waals surface area (Å²) < 4.78 is 0. The van der Waals surface area contributed by atoms with Crippen LogP contribution in [0.25, 0.3) is 0 Å². The maximum Gasteiger partial charge on any atom is 0.131 e. The average Bonchev–Trinajstić information content (AvgIpc) is 2.29. The van der Waals surface area contributed by atoms with E-state index >= 15 is 0 Å². The third-order valence-electron chi connectivity index (χ3n) is 2.70. The van der Waals surface area contributed by atoms with Crippen LogP contribution in [0, 0.1) is 5.92 Å². The fourth-order valence-electron chi connectivity index (χ4n) is 1.38. The zero-order chi connectivity index (χ0) is 12.7. The molecule has 17 heavy (non-hydrogen) atoms. The molecule has 0 saturated carbocycles. The maximum absolute atomic E-state index is 4.21. The summed E-state index contributed by atoms with van der Waals surface area (Å²) in [5.74, 6) is 2.50. The van der Waals surface area contributed by atoms with Crippen molar-refractivity contribution in [1.29, 1.82) is 0 Å². The Morgan fingerprint density at radius 2 is 1.88 bits per heavy atom. The highest BCUT2D eigenvalue weighted by Crippen LogP contribution is 2.11. The van der Waals surface area contributed by atoms with Crippen LogP contribution in [-0.2, 0) is 0 Å². The first kappa shape index (κ1) is 13.7. The second kappa shape index (κ2) is 7.09. The molecule has 1 atom stereocenters. The van der Waals surface area contributed by atoms with Crippen LogP contribution in [0.4, 0.5) is 11.6 Å². The molecule has 1 unspecified atom stereocenters. The summed E-state index contributed by atoms with van der Waals surface area (Å²) in [5, 5.41) is 6.66. The zero-order valence-electron chi connectivity index (χ0n) is 11.3. The van der Waals surface area contributed by atoms with Gasteiger partial charge in [-0.1, -0.05) is 20.8 Å². The monoisotopic (exact) mass is 236 g/mol. The molecule has 1 aromatic heterocycles. The Kier molecular flexibility index (Phi) is 5.73. The van der Waals surface area contributed by atoms with E-state index in [4.69, 9.17) is 0 Å². The van der Waals surface area contributed by atoms with Crippen LogP contribution in [0.3, 0.4) is 0 Å². The first-order valence-electron chi connectivity index (χ1n) is 6.44. The van der Waals surface area contributed by atoms with E-state index in [0.717, 1.165) is 31.0 Å². The van der Waals surface area contributed by atoms with Gasteiger partial charge in [-0.15, -0.1) is 0 Å². The predicted molar refractivity (Wildman–Crippen MR) is 73.4 cm³/mol. The largest absolute Gasteiger partial charge is 0.370 e. The Bertz CT molecular complexity index is 325. The van der Waals surface area contributed by atoms with Gasteiger partial charge in [0.1, 0.15) is 18.0 Å². The standard InChI is InChI=1S/C13H24N4/c1-5-11(4)17-13-8-12(15-9-16-13)14-7-6-10(2)3/h8-11H,5-7H2,1-4H3,(H2,14,15,16,17). The molecular weight excluding hydrogens is 212 g/mol. The smallest absolute Gasteiger partial charge is 0.131 e. The van der Waals surface area contributed by atoms with Gasteiger partial charge in [0.2, 0.25) is 0 Å². The Morgan fingerprint density at radius 1 is 1.18 bits per heavy atom. The molecule has 0 saturated heterocycles. The lowest BCUT2D eigenvalue weighted by molar-refractivity contribution is 0.606. The number of nitrogens with one attached hydrogen (secondary N) is 2. The molecule has 0 amide bonds. The van der Waals surface area contributed by atoms with Crippen LogP contribution in [-0.4, -0.2) is 22.6 Å². The summed E-state index contributed by atoms with van der Waals surface area (Å²) in [7, 11) is 0. The number of hydrogen-bond donors (Lipinski definition) is 2. The zero-order valence-corrected chi connectivity index (χ0v) is 11.3. The molecule has 0 aliphatic heterocycles. The number of nitrogens with zero attached hydrogens (tertiary/aromatic N) is 2. The van der Waals surface area contributed by atoms with E-state index in [1.165, 1.54) is 0 Å². The highest BCUT2D eigenvalue weighted by atomic mass is 15.1. The molecule has 96 valence electrons. The molecular formula is C13H24N4. The summed E-state index contributed by atoms with van der Waals surface area (Å²) in [6, 6.07) is 2.40. The molecule has 1 aromatic rings. The first-order valence-corrected chi connectivity index (χ1v) is 6.44. The van der Waals surface area contributed by atoms with Crippen LogP contribution in [0.2, 0.25) is 0 Å². The van der Waals surface area contributed by atoms with Crippen molar-refractivity contribution >= 4 is 11.6 Å². The molecule has 4 nitrogen and oxygen atoms in total. The predicted octanol–water partition coefficient (Wildman–Crippen LogP) is 3.15. The van der Waals surface area contributed by atoms with Gasteiger partial charge in [0.05, 0.1) is 0 Å². The second-order valence-electron chi connectivity index (χ2n) is 4.85. The molecule has 4 heteroatoms. The Morgan fingerprint density at radius 3 is 2.53 bits per heavy atom. The van der Waals surface area contributed by atoms with Crippen molar-refractivity contribution in [3.05, 3.63) is 12.4 Å². The molecule has 0 fully saturated rings. The molecule has 0 bridgehead atoms. The fraction of sp³-hybridized carbons (Fsp3) is 0.692. The van der Waals surface area contributed by atoms with Gasteiger partial charge in [-0.2, -0.15) is 0 Å². The van der Waals surface area contributed by atoms with Gasteiger partial charge >= 0.3 is 0 Å². The number of rotatable bonds is 7. The normalized spacial score (nSPS) is 12.5. The molecule has 0 radical (unpaired) electrons. The number of aromatic nitrogens is 2. The van der Waals surface area contributed by atoms with Crippen LogP contribution in [0.15, 0.2) is 12.4 Å². The molecule has 2 N–H and O–H groups in total. The van der Waals surface area contributed by atoms with Gasteiger partial charge in [-0.05, 0) is 25.7 Å². The molecule has 0 aliphatic carbocycles.